The van der Waals surface area contributed by atoms with E-state index in [1.807, 2.05) is 17.0 Å². The molecule has 1 amide bonds. The molecule has 0 aromatic heterocycles. The largest absolute Gasteiger partial charge is 0.384 e. The van der Waals surface area contributed by atoms with Crippen molar-refractivity contribution in [2.24, 2.45) is 0 Å². The average Bonchev–Trinajstić information content (AvgIpc) is 2.76. The van der Waals surface area contributed by atoms with E-state index >= 15 is 0 Å². The van der Waals surface area contributed by atoms with Crippen LogP contribution in [-0.4, -0.2) is 30.4 Å². The standard InChI is InChI=1S/C16H21N3O/c17-13-14-6-5-7-15(12-14)18-9-8-16(20)19-10-3-1-2-4-11-19/h5-7,12,18H,1-4,8-11H2. The van der Waals surface area contributed by atoms with Crippen LogP contribution < -0.4 is 5.32 Å². The lowest BCUT2D eigenvalue weighted by Gasteiger charge is -2.20. The number of nitrogens with one attached hydrogen (secondary N) is 1. The van der Waals surface area contributed by atoms with Gasteiger partial charge in [-0.15, -0.1) is 0 Å². The van der Waals surface area contributed by atoms with Crippen LogP contribution in [-0.2, 0) is 4.79 Å². The van der Waals surface area contributed by atoms with Crippen molar-refractivity contribution in [3.05, 3.63) is 29.8 Å². The number of hydrogen-bond donors (Lipinski definition) is 1. The Morgan fingerprint density at radius 3 is 2.70 bits per heavy atom. The van der Waals surface area contributed by atoms with E-state index < -0.39 is 0 Å². The lowest BCUT2D eigenvalue weighted by atomic mass is 10.2. The summed E-state index contributed by atoms with van der Waals surface area (Å²) >= 11 is 0. The summed E-state index contributed by atoms with van der Waals surface area (Å²) in [6.45, 7) is 2.43. The third kappa shape index (κ3) is 4.27. The molecule has 0 saturated carbocycles. The Balaban J connectivity index is 1.77. The molecule has 1 fully saturated rings. The van der Waals surface area contributed by atoms with E-state index in [1.54, 1.807) is 12.1 Å². The minimum Gasteiger partial charge on any atom is -0.384 e. The van der Waals surface area contributed by atoms with Gasteiger partial charge < -0.3 is 10.2 Å². The maximum atomic E-state index is 12.1. The van der Waals surface area contributed by atoms with Crippen molar-refractivity contribution in [1.82, 2.24) is 4.90 Å². The summed E-state index contributed by atoms with van der Waals surface area (Å²) in [7, 11) is 0. The lowest BCUT2D eigenvalue weighted by Crippen LogP contribution is -2.32. The van der Waals surface area contributed by atoms with Crippen molar-refractivity contribution < 1.29 is 4.79 Å². The van der Waals surface area contributed by atoms with Gasteiger partial charge in [-0.1, -0.05) is 18.9 Å². The van der Waals surface area contributed by atoms with Crippen LogP contribution in [0, 0.1) is 11.3 Å². The normalized spacial score (nSPS) is 15.2. The van der Waals surface area contributed by atoms with E-state index in [2.05, 4.69) is 11.4 Å². The van der Waals surface area contributed by atoms with Crippen molar-refractivity contribution in [3.8, 4) is 6.07 Å². The summed E-state index contributed by atoms with van der Waals surface area (Å²) in [4.78, 5) is 14.1. The van der Waals surface area contributed by atoms with E-state index in [-0.39, 0.29) is 5.91 Å². The zero-order chi connectivity index (χ0) is 14.2. The Kier molecular flexibility index (Phi) is 5.43. The number of rotatable bonds is 4. The van der Waals surface area contributed by atoms with E-state index in [0.717, 1.165) is 31.6 Å². The first-order valence-corrected chi connectivity index (χ1v) is 7.31. The van der Waals surface area contributed by atoms with Crippen LogP contribution in [0.2, 0.25) is 0 Å². The number of nitrogens with zero attached hydrogens (tertiary/aromatic N) is 2. The van der Waals surface area contributed by atoms with Gasteiger partial charge in [0.2, 0.25) is 5.91 Å². The van der Waals surface area contributed by atoms with Gasteiger partial charge in [-0.25, -0.2) is 0 Å². The highest BCUT2D eigenvalue weighted by Crippen LogP contribution is 2.12. The molecule has 1 saturated heterocycles. The molecule has 20 heavy (non-hydrogen) atoms. The van der Waals surface area contributed by atoms with Crippen LogP contribution in [0.25, 0.3) is 0 Å². The molecule has 0 aliphatic carbocycles. The van der Waals surface area contributed by atoms with Gasteiger partial charge in [0.1, 0.15) is 0 Å². The summed E-state index contributed by atoms with van der Waals surface area (Å²) in [6, 6.07) is 9.44. The SMILES string of the molecule is N#Cc1cccc(NCCC(=O)N2CCCCCC2)c1. The average molecular weight is 271 g/mol. The molecular formula is C16H21N3O. The topological polar surface area (TPSA) is 56.1 Å². The lowest BCUT2D eigenvalue weighted by molar-refractivity contribution is -0.130. The second-order valence-corrected chi connectivity index (χ2v) is 5.16. The Morgan fingerprint density at radius 2 is 2.00 bits per heavy atom. The Labute approximate surface area is 120 Å². The first-order valence-electron chi connectivity index (χ1n) is 7.31. The monoisotopic (exact) mass is 271 g/mol. The molecule has 4 heteroatoms. The van der Waals surface area contributed by atoms with Gasteiger partial charge in [0.25, 0.3) is 0 Å². The molecule has 1 N–H and O–H groups in total. The summed E-state index contributed by atoms with van der Waals surface area (Å²) in [5.41, 5.74) is 1.53. The molecule has 2 rings (SSSR count). The molecular weight excluding hydrogens is 250 g/mol. The van der Waals surface area contributed by atoms with Gasteiger partial charge in [0.15, 0.2) is 0 Å². The number of carbonyl (C=O) groups excluding carboxylic acids is 1. The Bertz CT molecular complexity index is 485. The van der Waals surface area contributed by atoms with Gasteiger partial charge in [0.05, 0.1) is 11.6 Å². The Morgan fingerprint density at radius 1 is 1.25 bits per heavy atom. The van der Waals surface area contributed by atoms with Gasteiger partial charge in [-0.05, 0) is 31.0 Å². The van der Waals surface area contributed by atoms with Gasteiger partial charge in [0, 0.05) is 31.7 Å². The minimum atomic E-state index is 0.232. The zero-order valence-electron chi connectivity index (χ0n) is 11.8. The van der Waals surface area contributed by atoms with Crippen molar-refractivity contribution in [1.29, 1.82) is 5.26 Å². The second-order valence-electron chi connectivity index (χ2n) is 5.16. The molecule has 0 radical (unpaired) electrons. The van der Waals surface area contributed by atoms with Crippen LogP contribution in [0.4, 0.5) is 5.69 Å². The molecule has 0 atom stereocenters. The van der Waals surface area contributed by atoms with Crippen molar-refractivity contribution in [2.45, 2.75) is 32.1 Å². The van der Waals surface area contributed by atoms with Crippen molar-refractivity contribution >= 4 is 11.6 Å². The number of benzene rings is 1. The smallest absolute Gasteiger partial charge is 0.224 e. The van der Waals surface area contributed by atoms with Crippen LogP contribution in [0.5, 0.6) is 0 Å². The van der Waals surface area contributed by atoms with Gasteiger partial charge in [-0.2, -0.15) is 5.26 Å². The second kappa shape index (κ2) is 7.54. The zero-order valence-corrected chi connectivity index (χ0v) is 11.8. The third-order valence-electron chi connectivity index (χ3n) is 3.62. The van der Waals surface area contributed by atoms with Crippen LogP contribution in [0.3, 0.4) is 0 Å². The number of hydrogen-bond acceptors (Lipinski definition) is 3. The maximum Gasteiger partial charge on any atom is 0.224 e. The Hall–Kier alpha value is -2.02. The summed E-state index contributed by atoms with van der Waals surface area (Å²) < 4.78 is 0. The first-order chi connectivity index (χ1) is 9.79. The molecule has 1 aliphatic rings. The summed E-state index contributed by atoms with van der Waals surface area (Å²) in [6.07, 6.45) is 5.25. The third-order valence-corrected chi connectivity index (χ3v) is 3.62. The number of amides is 1. The molecule has 106 valence electrons. The van der Waals surface area contributed by atoms with E-state index in [4.69, 9.17) is 5.26 Å². The van der Waals surface area contributed by atoms with Crippen molar-refractivity contribution in [3.63, 3.8) is 0 Å². The van der Waals surface area contributed by atoms with Crippen LogP contribution >= 0.6 is 0 Å². The predicted octanol–water partition coefficient (Wildman–Crippen LogP) is 2.76. The maximum absolute atomic E-state index is 12.1. The molecule has 1 heterocycles. The number of anilines is 1. The molecule has 1 aromatic rings. The predicted molar refractivity (Wildman–Crippen MR) is 79.3 cm³/mol. The fraction of sp³-hybridized carbons (Fsp3) is 0.500. The molecule has 0 bridgehead atoms. The molecule has 1 aromatic carbocycles. The van der Waals surface area contributed by atoms with Gasteiger partial charge in [-0.3, -0.25) is 4.79 Å². The minimum absolute atomic E-state index is 0.232. The molecule has 1 aliphatic heterocycles. The molecule has 4 nitrogen and oxygen atoms in total. The van der Waals surface area contributed by atoms with Crippen molar-refractivity contribution in [2.75, 3.05) is 25.0 Å². The fourth-order valence-corrected chi connectivity index (χ4v) is 2.49. The van der Waals surface area contributed by atoms with Gasteiger partial charge >= 0.3 is 0 Å². The van der Waals surface area contributed by atoms with E-state index in [9.17, 15) is 4.79 Å². The van der Waals surface area contributed by atoms with E-state index in [0.29, 0.717) is 18.5 Å². The highest BCUT2D eigenvalue weighted by atomic mass is 16.2. The van der Waals surface area contributed by atoms with Crippen LogP contribution in [0.15, 0.2) is 24.3 Å². The number of carbonyl (C=O) groups is 1. The number of likely N-dealkylation sites (tertiary alicyclic amines) is 1. The quantitative estimate of drug-likeness (QED) is 0.916. The fourth-order valence-electron chi connectivity index (χ4n) is 2.49. The van der Waals surface area contributed by atoms with E-state index in [1.165, 1.54) is 12.8 Å². The summed E-state index contributed by atoms with van der Waals surface area (Å²) in [5.74, 6) is 0.232. The van der Waals surface area contributed by atoms with Crippen LogP contribution in [0.1, 0.15) is 37.7 Å². The number of nitriles is 1. The highest BCUT2D eigenvalue weighted by molar-refractivity contribution is 5.76. The molecule has 0 unspecified atom stereocenters. The highest BCUT2D eigenvalue weighted by Gasteiger charge is 2.14. The molecule has 0 spiro atoms. The summed E-state index contributed by atoms with van der Waals surface area (Å²) in [5, 5.41) is 12.0. The first kappa shape index (κ1) is 14.4.